The Labute approximate surface area is 128 Å². The van der Waals surface area contributed by atoms with Gasteiger partial charge in [-0.2, -0.15) is 0 Å². The topological polar surface area (TPSA) is 70.1 Å². The average molecular weight is 314 g/mol. The van der Waals surface area contributed by atoms with Crippen LogP contribution in [0.3, 0.4) is 0 Å². The number of carboxylic acids is 1. The third kappa shape index (κ3) is 2.73. The van der Waals surface area contributed by atoms with Gasteiger partial charge in [-0.05, 0) is 32.1 Å². The van der Waals surface area contributed by atoms with Crippen molar-refractivity contribution in [2.75, 3.05) is 19.4 Å². The number of rotatable bonds is 3. The Morgan fingerprint density at radius 2 is 2.05 bits per heavy atom. The van der Waals surface area contributed by atoms with Crippen LogP contribution in [0.15, 0.2) is 0 Å². The van der Waals surface area contributed by atoms with Crippen molar-refractivity contribution in [2.24, 2.45) is 5.92 Å². The van der Waals surface area contributed by atoms with Gasteiger partial charge in [-0.1, -0.05) is 0 Å². The molecule has 2 amide bonds. The molecule has 2 aliphatic heterocycles. The molecule has 0 aromatic carbocycles. The van der Waals surface area contributed by atoms with E-state index in [0.29, 0.717) is 18.3 Å². The van der Waals surface area contributed by atoms with E-state index in [2.05, 4.69) is 0 Å². The molecule has 118 valence electrons. The second-order valence-corrected chi connectivity index (χ2v) is 7.30. The summed E-state index contributed by atoms with van der Waals surface area (Å²) in [5.74, 6) is 0.0596. The number of urea groups is 1. The molecule has 4 unspecified atom stereocenters. The normalized spacial score (nSPS) is 36.0. The van der Waals surface area contributed by atoms with E-state index in [-0.39, 0.29) is 23.6 Å². The molecule has 2 heterocycles. The Morgan fingerprint density at radius 3 is 2.57 bits per heavy atom. The predicted octanol–water partition coefficient (Wildman–Crippen LogP) is 1.45. The van der Waals surface area contributed by atoms with Crippen molar-refractivity contribution in [3.05, 3.63) is 0 Å². The van der Waals surface area contributed by atoms with Gasteiger partial charge in [-0.25, -0.2) is 9.59 Å². The van der Waals surface area contributed by atoms with Crippen molar-refractivity contribution >= 4 is 23.8 Å². The molecular weight excluding hydrogens is 292 g/mol. The molecular formula is C14H22N2O4S. The zero-order valence-electron chi connectivity index (χ0n) is 12.4. The number of amides is 2. The maximum atomic E-state index is 12.9. The summed E-state index contributed by atoms with van der Waals surface area (Å²) in [7, 11) is 1.77. The van der Waals surface area contributed by atoms with E-state index in [0.717, 1.165) is 19.3 Å². The molecule has 3 rings (SSSR count). The number of carbonyl (C=O) groups is 2. The van der Waals surface area contributed by atoms with Crippen molar-refractivity contribution in [3.63, 3.8) is 0 Å². The average Bonchev–Trinajstić information content (AvgIpc) is 3.04. The quantitative estimate of drug-likeness (QED) is 0.854. The van der Waals surface area contributed by atoms with Gasteiger partial charge in [-0.15, -0.1) is 11.8 Å². The highest BCUT2D eigenvalue weighted by Gasteiger charge is 2.49. The maximum absolute atomic E-state index is 12.9. The van der Waals surface area contributed by atoms with Gasteiger partial charge in [0.2, 0.25) is 0 Å². The smallest absolute Gasteiger partial charge is 0.327 e. The molecule has 0 bridgehead atoms. The molecule has 2 saturated heterocycles. The van der Waals surface area contributed by atoms with Crippen LogP contribution in [-0.2, 0) is 9.53 Å². The van der Waals surface area contributed by atoms with Gasteiger partial charge < -0.3 is 14.7 Å². The summed E-state index contributed by atoms with van der Waals surface area (Å²) >= 11 is 1.61. The zero-order valence-corrected chi connectivity index (χ0v) is 13.2. The molecule has 0 aromatic rings. The summed E-state index contributed by atoms with van der Waals surface area (Å²) in [6.45, 7) is 2.62. The van der Waals surface area contributed by atoms with Crippen molar-refractivity contribution in [2.45, 2.75) is 49.7 Å². The van der Waals surface area contributed by atoms with Crippen molar-refractivity contribution in [1.29, 1.82) is 0 Å². The van der Waals surface area contributed by atoms with Gasteiger partial charge in [0.1, 0.15) is 6.04 Å². The third-order valence-corrected chi connectivity index (χ3v) is 6.16. The summed E-state index contributed by atoms with van der Waals surface area (Å²) in [6.07, 6.45) is 3.02. The van der Waals surface area contributed by atoms with Crippen molar-refractivity contribution in [3.8, 4) is 0 Å². The van der Waals surface area contributed by atoms with Crippen LogP contribution in [0.1, 0.15) is 26.2 Å². The second-order valence-electron chi connectivity index (χ2n) is 6.15. The second kappa shape index (κ2) is 5.68. The molecule has 4 atom stereocenters. The molecule has 0 spiro atoms. The summed E-state index contributed by atoms with van der Waals surface area (Å²) in [6, 6.07) is -0.822. The number of hydrogen-bond donors (Lipinski definition) is 1. The highest BCUT2D eigenvalue weighted by atomic mass is 32.2. The molecule has 6 nitrogen and oxygen atoms in total. The Morgan fingerprint density at radius 1 is 1.33 bits per heavy atom. The first-order valence-corrected chi connectivity index (χ1v) is 8.56. The molecule has 7 heteroatoms. The van der Waals surface area contributed by atoms with E-state index < -0.39 is 12.0 Å². The van der Waals surface area contributed by atoms with Crippen LogP contribution in [0.4, 0.5) is 4.79 Å². The molecule has 3 fully saturated rings. The van der Waals surface area contributed by atoms with E-state index in [9.17, 15) is 14.7 Å². The van der Waals surface area contributed by atoms with Crippen molar-refractivity contribution in [1.82, 2.24) is 9.80 Å². The molecule has 21 heavy (non-hydrogen) atoms. The third-order valence-electron chi connectivity index (χ3n) is 4.70. The lowest BCUT2D eigenvalue weighted by molar-refractivity contribution is -0.141. The Hall–Kier alpha value is -0.950. The van der Waals surface area contributed by atoms with Crippen LogP contribution in [0, 0.1) is 5.92 Å². The number of hydrogen-bond acceptors (Lipinski definition) is 4. The number of carbonyl (C=O) groups excluding carboxylic acids is 1. The van der Waals surface area contributed by atoms with Gasteiger partial charge in [-0.3, -0.25) is 4.90 Å². The molecule has 0 radical (unpaired) electrons. The Balaban J connectivity index is 1.77. The SMILES string of the molecule is CC1OCCC1N(C)C(=O)N1C(C(=O)O)CSC1C1CC1. The fraction of sp³-hybridized carbons (Fsp3) is 0.857. The number of carboxylic acid groups (broad SMARTS) is 1. The molecule has 0 aromatic heterocycles. The summed E-state index contributed by atoms with van der Waals surface area (Å²) in [5.41, 5.74) is 0. The van der Waals surface area contributed by atoms with E-state index in [1.54, 1.807) is 28.6 Å². The number of ether oxygens (including phenoxy) is 1. The zero-order chi connectivity index (χ0) is 15.1. The van der Waals surface area contributed by atoms with Crippen LogP contribution >= 0.6 is 11.8 Å². The van der Waals surface area contributed by atoms with E-state index in [1.165, 1.54) is 0 Å². The van der Waals surface area contributed by atoms with E-state index in [4.69, 9.17) is 4.74 Å². The van der Waals surface area contributed by atoms with Gasteiger partial charge in [0.05, 0.1) is 17.5 Å². The minimum Gasteiger partial charge on any atom is -0.480 e. The number of likely N-dealkylation sites (N-methyl/N-ethyl adjacent to an activating group) is 1. The summed E-state index contributed by atoms with van der Waals surface area (Å²) < 4.78 is 5.53. The monoisotopic (exact) mass is 314 g/mol. The largest absolute Gasteiger partial charge is 0.480 e. The number of nitrogens with zero attached hydrogens (tertiary/aromatic N) is 2. The predicted molar refractivity (Wildman–Crippen MR) is 79.2 cm³/mol. The maximum Gasteiger partial charge on any atom is 0.327 e. The Bertz CT molecular complexity index is 443. The minimum atomic E-state index is -0.900. The molecule has 3 aliphatic rings. The van der Waals surface area contributed by atoms with E-state index >= 15 is 0 Å². The van der Waals surface area contributed by atoms with Gasteiger partial charge >= 0.3 is 12.0 Å². The van der Waals surface area contributed by atoms with Gasteiger partial charge in [0.25, 0.3) is 0 Å². The first-order valence-electron chi connectivity index (χ1n) is 7.52. The summed E-state index contributed by atoms with van der Waals surface area (Å²) in [4.78, 5) is 27.6. The standard InChI is InChI=1S/C14H22N2O4S/c1-8-10(5-6-20-8)15(2)14(19)16-11(13(17)18)7-21-12(16)9-3-4-9/h8-12H,3-7H2,1-2H3,(H,17,18). The minimum absolute atomic E-state index is 0.0110. The van der Waals surface area contributed by atoms with Crippen molar-refractivity contribution < 1.29 is 19.4 Å². The lowest BCUT2D eigenvalue weighted by Gasteiger charge is -2.35. The van der Waals surface area contributed by atoms with Gasteiger partial charge in [0, 0.05) is 19.4 Å². The molecule has 1 N–H and O–H groups in total. The van der Waals surface area contributed by atoms with Gasteiger partial charge in [0.15, 0.2) is 0 Å². The fourth-order valence-corrected chi connectivity index (χ4v) is 4.88. The highest BCUT2D eigenvalue weighted by Crippen LogP contribution is 2.46. The summed E-state index contributed by atoms with van der Waals surface area (Å²) in [5, 5.41) is 9.43. The molecule has 1 saturated carbocycles. The first-order chi connectivity index (χ1) is 10.0. The number of aliphatic carboxylic acids is 1. The fourth-order valence-electron chi connectivity index (χ4n) is 3.26. The number of thioether (sulfide) groups is 1. The molecule has 1 aliphatic carbocycles. The van der Waals surface area contributed by atoms with Crippen LogP contribution in [0.25, 0.3) is 0 Å². The van der Waals surface area contributed by atoms with E-state index in [1.807, 2.05) is 6.92 Å². The lowest BCUT2D eigenvalue weighted by atomic mass is 10.1. The van der Waals surface area contributed by atoms with Crippen LogP contribution < -0.4 is 0 Å². The Kier molecular flexibility index (Phi) is 4.05. The lowest BCUT2D eigenvalue weighted by Crippen LogP contribution is -2.54. The van der Waals surface area contributed by atoms with Crippen LogP contribution in [-0.4, -0.2) is 69.9 Å². The first kappa shape index (κ1) is 15.0. The van der Waals surface area contributed by atoms with Crippen LogP contribution in [0.2, 0.25) is 0 Å². The van der Waals surface area contributed by atoms with Crippen LogP contribution in [0.5, 0.6) is 0 Å². The highest BCUT2D eigenvalue weighted by molar-refractivity contribution is 8.00.